The summed E-state index contributed by atoms with van der Waals surface area (Å²) in [6.07, 6.45) is 24.8. The molecule has 0 aromatic heterocycles. The van der Waals surface area contributed by atoms with Crippen LogP contribution < -0.4 is 0 Å². The maximum atomic E-state index is 12.6. The van der Waals surface area contributed by atoms with Crippen molar-refractivity contribution in [2.45, 2.75) is 161 Å². The minimum absolute atomic E-state index is 0.129. The Morgan fingerprint density at radius 1 is 0.614 bits per heavy atom. The fourth-order valence-corrected chi connectivity index (χ4v) is 6.29. The highest BCUT2D eigenvalue weighted by atomic mass is 31.2. The predicted molar refractivity (Wildman–Crippen MR) is 219 cm³/mol. The molecular formula is C40H72O15P2. The summed E-state index contributed by atoms with van der Waals surface area (Å²) >= 11 is 0. The Morgan fingerprint density at radius 3 is 1.82 bits per heavy atom. The molecule has 0 spiro atoms. The van der Waals surface area contributed by atoms with Gasteiger partial charge in [0.15, 0.2) is 6.10 Å². The van der Waals surface area contributed by atoms with E-state index in [1.54, 1.807) is 36.5 Å². The number of esters is 2. The van der Waals surface area contributed by atoms with Gasteiger partial charge in [0.25, 0.3) is 0 Å². The second-order valence-corrected chi connectivity index (χ2v) is 17.1. The third-order valence-corrected chi connectivity index (χ3v) is 9.76. The van der Waals surface area contributed by atoms with Crippen molar-refractivity contribution in [2.75, 3.05) is 26.4 Å². The Balaban J connectivity index is 4.84. The van der Waals surface area contributed by atoms with E-state index in [-0.39, 0.29) is 25.7 Å². The average Bonchev–Trinajstić information content (AvgIpc) is 3.14. The van der Waals surface area contributed by atoms with E-state index >= 15 is 0 Å². The van der Waals surface area contributed by atoms with E-state index in [0.717, 1.165) is 44.4 Å². The minimum atomic E-state index is -4.89. The Morgan fingerprint density at radius 2 is 1.19 bits per heavy atom. The number of ether oxygens (including phenoxy) is 2. The molecule has 0 aliphatic carbocycles. The zero-order valence-corrected chi connectivity index (χ0v) is 36.1. The zero-order chi connectivity index (χ0) is 42.8. The van der Waals surface area contributed by atoms with E-state index in [1.165, 1.54) is 38.5 Å². The smallest absolute Gasteiger partial charge is 0.462 e. The van der Waals surface area contributed by atoms with Crippen molar-refractivity contribution < 1.29 is 71.8 Å². The van der Waals surface area contributed by atoms with E-state index in [2.05, 4.69) is 35.9 Å². The first-order chi connectivity index (χ1) is 27.0. The Labute approximate surface area is 340 Å². The average molecular weight is 855 g/mol. The van der Waals surface area contributed by atoms with Gasteiger partial charge in [-0.3, -0.25) is 23.2 Å². The van der Waals surface area contributed by atoms with Crippen molar-refractivity contribution in [3.8, 4) is 0 Å². The highest BCUT2D eigenvalue weighted by Crippen LogP contribution is 2.43. The van der Waals surface area contributed by atoms with E-state index < -0.39 is 78.4 Å². The lowest BCUT2D eigenvalue weighted by Gasteiger charge is -2.20. The van der Waals surface area contributed by atoms with Gasteiger partial charge < -0.3 is 39.5 Å². The fraction of sp³-hybridized carbons (Fsp3) is 0.750. The molecule has 0 amide bonds. The normalized spacial score (nSPS) is 15.8. The Kier molecular flexibility index (Phi) is 33.6. The maximum Gasteiger partial charge on any atom is 0.472 e. The number of carbonyl (C=O) groups is 2. The molecule has 6 N–H and O–H groups in total. The van der Waals surface area contributed by atoms with Gasteiger partial charge in [-0.15, -0.1) is 0 Å². The zero-order valence-electron chi connectivity index (χ0n) is 34.3. The standard InChI is InChI=1S/C40H72O15P2/c1-4-5-6-7-13-18-24-35(41)25-19-15-16-20-26-36(42)27-22-29-40(45)55-38(33-54-57(49,50)53-31-37(43)30-52-56(46,47)48)32-51-39(44)28-21-14-11-9-8-10-12-17-23-34(2)3/h13,15-16,18-20,25-26,34-38,41-43H,4-12,14,17,21-24,27-33H2,1-3H3,(H,49,50)(H2,46,47,48)/b16-15+,18-13-,25-19+,26-20-/t35-,36-,37-,38+/m0/s1. The van der Waals surface area contributed by atoms with Gasteiger partial charge >= 0.3 is 27.6 Å². The lowest BCUT2D eigenvalue weighted by Crippen LogP contribution is -2.30. The molecule has 0 heterocycles. The molecular weight excluding hydrogens is 782 g/mol. The number of phosphoric acid groups is 2. The predicted octanol–water partition coefficient (Wildman–Crippen LogP) is 7.69. The molecule has 0 saturated carbocycles. The Hall–Kier alpha value is -2.00. The molecule has 5 atom stereocenters. The molecule has 0 saturated heterocycles. The number of allylic oxidation sites excluding steroid dienone is 5. The van der Waals surface area contributed by atoms with E-state index in [9.17, 15) is 38.9 Å². The molecule has 0 radical (unpaired) electrons. The Bertz CT molecular complexity index is 1250. The van der Waals surface area contributed by atoms with Crippen LogP contribution in [0.15, 0.2) is 48.6 Å². The molecule has 57 heavy (non-hydrogen) atoms. The van der Waals surface area contributed by atoms with Crippen LogP contribution in [0.1, 0.15) is 136 Å². The first-order valence-corrected chi connectivity index (χ1v) is 23.4. The largest absolute Gasteiger partial charge is 0.472 e. The first kappa shape index (κ1) is 55.0. The van der Waals surface area contributed by atoms with E-state index in [0.29, 0.717) is 12.8 Å². The molecule has 1 unspecified atom stereocenters. The number of hydrogen-bond acceptors (Lipinski definition) is 12. The third kappa shape index (κ3) is 39.2. The quantitative estimate of drug-likeness (QED) is 0.0116. The van der Waals surface area contributed by atoms with Gasteiger partial charge in [-0.1, -0.05) is 134 Å². The molecule has 0 aromatic carbocycles. The number of aliphatic hydroxyl groups is 3. The summed E-state index contributed by atoms with van der Waals surface area (Å²) in [5, 5.41) is 30.0. The van der Waals surface area contributed by atoms with Gasteiger partial charge in [-0.2, -0.15) is 0 Å². The van der Waals surface area contributed by atoms with Crippen LogP contribution in [0.5, 0.6) is 0 Å². The van der Waals surface area contributed by atoms with Crippen LogP contribution in [0.25, 0.3) is 0 Å². The van der Waals surface area contributed by atoms with Gasteiger partial charge in [0, 0.05) is 12.8 Å². The summed E-state index contributed by atoms with van der Waals surface area (Å²) < 4.78 is 47.4. The van der Waals surface area contributed by atoms with Crippen molar-refractivity contribution in [3.05, 3.63) is 48.6 Å². The third-order valence-electron chi connectivity index (χ3n) is 8.33. The molecule has 0 aliphatic heterocycles. The molecule has 17 heteroatoms. The SMILES string of the molecule is CCCCC/C=C\C[C@H](O)/C=C/C=C/C=C\[C@H](O)CCCC(=O)O[C@H](COC(=O)CCCCCCCCCCC(C)C)COP(=O)(O)OC[C@@H](O)COP(=O)(O)O. The lowest BCUT2D eigenvalue weighted by atomic mass is 10.0. The van der Waals surface area contributed by atoms with Gasteiger partial charge in [-0.05, 0) is 44.4 Å². The van der Waals surface area contributed by atoms with Crippen molar-refractivity contribution in [1.82, 2.24) is 0 Å². The van der Waals surface area contributed by atoms with Gasteiger partial charge in [-0.25, -0.2) is 9.13 Å². The van der Waals surface area contributed by atoms with E-state index in [1.807, 2.05) is 6.08 Å². The molecule has 0 fully saturated rings. The molecule has 0 rings (SSSR count). The number of aliphatic hydroxyl groups excluding tert-OH is 3. The topological polar surface area (TPSA) is 236 Å². The van der Waals surface area contributed by atoms with Crippen LogP contribution in [0.4, 0.5) is 0 Å². The fourth-order valence-electron chi connectivity index (χ4n) is 5.14. The summed E-state index contributed by atoms with van der Waals surface area (Å²) in [6.45, 7) is 3.64. The van der Waals surface area contributed by atoms with Crippen LogP contribution in [0, 0.1) is 5.92 Å². The van der Waals surface area contributed by atoms with Crippen molar-refractivity contribution in [3.63, 3.8) is 0 Å². The molecule has 15 nitrogen and oxygen atoms in total. The highest BCUT2D eigenvalue weighted by Gasteiger charge is 2.28. The van der Waals surface area contributed by atoms with Crippen LogP contribution in [0.3, 0.4) is 0 Å². The summed E-state index contributed by atoms with van der Waals surface area (Å²) in [5.41, 5.74) is 0. The minimum Gasteiger partial charge on any atom is -0.462 e. The molecule has 332 valence electrons. The second-order valence-electron chi connectivity index (χ2n) is 14.4. The van der Waals surface area contributed by atoms with Crippen LogP contribution in [0.2, 0.25) is 0 Å². The van der Waals surface area contributed by atoms with Crippen molar-refractivity contribution in [1.29, 1.82) is 0 Å². The number of rotatable bonds is 37. The van der Waals surface area contributed by atoms with E-state index in [4.69, 9.17) is 23.8 Å². The summed E-state index contributed by atoms with van der Waals surface area (Å²) in [4.78, 5) is 52.5. The number of phosphoric ester groups is 2. The van der Waals surface area contributed by atoms with Crippen molar-refractivity contribution >= 4 is 27.6 Å². The van der Waals surface area contributed by atoms with Crippen LogP contribution in [-0.2, 0) is 41.8 Å². The van der Waals surface area contributed by atoms with Crippen molar-refractivity contribution in [2.24, 2.45) is 5.92 Å². The molecule has 0 aliphatic rings. The first-order valence-electron chi connectivity index (χ1n) is 20.4. The summed E-state index contributed by atoms with van der Waals surface area (Å²) in [7, 11) is -9.76. The van der Waals surface area contributed by atoms with Gasteiger partial charge in [0.1, 0.15) is 12.7 Å². The summed E-state index contributed by atoms with van der Waals surface area (Å²) in [5.74, 6) is -0.552. The highest BCUT2D eigenvalue weighted by molar-refractivity contribution is 7.47. The second kappa shape index (κ2) is 34.8. The van der Waals surface area contributed by atoms with Crippen LogP contribution in [-0.4, -0.2) is 92.8 Å². The number of unbranched alkanes of at least 4 members (excludes halogenated alkanes) is 10. The van der Waals surface area contributed by atoms with Gasteiger partial charge in [0.05, 0.1) is 32.0 Å². The lowest BCUT2D eigenvalue weighted by molar-refractivity contribution is -0.161. The molecule has 0 bridgehead atoms. The van der Waals surface area contributed by atoms with Gasteiger partial charge in [0.2, 0.25) is 0 Å². The summed E-state index contributed by atoms with van der Waals surface area (Å²) in [6, 6.07) is 0. The monoisotopic (exact) mass is 854 g/mol. The number of carbonyl (C=O) groups excluding carboxylic acids is 2. The maximum absolute atomic E-state index is 12.6. The molecule has 0 aromatic rings. The van der Waals surface area contributed by atoms with Crippen LogP contribution >= 0.6 is 15.6 Å². The number of hydrogen-bond donors (Lipinski definition) is 6.